The second-order valence-corrected chi connectivity index (χ2v) is 3.07. The molecule has 0 bridgehead atoms. The Kier molecular flexibility index (Phi) is 3.23. The molecule has 0 aliphatic carbocycles. The Bertz CT molecular complexity index is 297. The molecule has 0 aliphatic heterocycles. The smallest absolute Gasteiger partial charge is 0.160 e. The van der Waals surface area contributed by atoms with Gasteiger partial charge in [-0.1, -0.05) is 13.3 Å². The van der Waals surface area contributed by atoms with Crippen LogP contribution >= 0.6 is 0 Å². The predicted octanol–water partition coefficient (Wildman–Crippen LogP) is 2.89. The van der Waals surface area contributed by atoms with Crippen LogP contribution in [0.15, 0.2) is 12.1 Å². The Morgan fingerprint density at radius 1 is 1.23 bits per heavy atom. The summed E-state index contributed by atoms with van der Waals surface area (Å²) >= 11 is 0. The first-order chi connectivity index (χ1) is 6.15. The van der Waals surface area contributed by atoms with Crippen LogP contribution in [-0.2, 0) is 6.42 Å². The largest absolute Gasteiger partial charge is 0.398 e. The van der Waals surface area contributed by atoms with Crippen LogP contribution in [0, 0.1) is 11.6 Å². The summed E-state index contributed by atoms with van der Waals surface area (Å²) in [5, 5.41) is 0. The summed E-state index contributed by atoms with van der Waals surface area (Å²) in [7, 11) is 0. The van der Waals surface area contributed by atoms with Crippen LogP contribution in [0.5, 0.6) is 0 Å². The van der Waals surface area contributed by atoms with Crippen molar-refractivity contribution in [3.05, 3.63) is 29.3 Å². The number of benzene rings is 1. The first-order valence-corrected chi connectivity index (χ1v) is 4.38. The third kappa shape index (κ3) is 2.41. The lowest BCUT2D eigenvalue weighted by atomic mass is 10.1. The van der Waals surface area contributed by atoms with E-state index in [0.717, 1.165) is 18.9 Å². The van der Waals surface area contributed by atoms with E-state index in [9.17, 15) is 8.78 Å². The van der Waals surface area contributed by atoms with Crippen molar-refractivity contribution < 1.29 is 8.78 Å². The fraction of sp³-hybridized carbons (Fsp3) is 0.400. The minimum atomic E-state index is -0.877. The topological polar surface area (TPSA) is 26.0 Å². The number of nitrogen functional groups attached to an aromatic ring is 1. The quantitative estimate of drug-likeness (QED) is 0.720. The molecule has 72 valence electrons. The zero-order valence-electron chi connectivity index (χ0n) is 7.61. The zero-order chi connectivity index (χ0) is 9.84. The molecular weight excluding hydrogens is 172 g/mol. The average Bonchev–Trinajstić information content (AvgIpc) is 2.09. The maximum atomic E-state index is 12.8. The summed E-state index contributed by atoms with van der Waals surface area (Å²) in [4.78, 5) is 0. The van der Waals surface area contributed by atoms with Crippen LogP contribution in [0.1, 0.15) is 25.3 Å². The average molecular weight is 185 g/mol. The third-order valence-electron chi connectivity index (χ3n) is 1.98. The summed E-state index contributed by atoms with van der Waals surface area (Å²) in [5.41, 5.74) is 6.56. The second kappa shape index (κ2) is 4.21. The number of hydrogen-bond acceptors (Lipinski definition) is 1. The number of anilines is 1. The van der Waals surface area contributed by atoms with E-state index in [1.165, 1.54) is 6.07 Å². The maximum Gasteiger partial charge on any atom is 0.160 e. The van der Waals surface area contributed by atoms with E-state index < -0.39 is 11.6 Å². The first-order valence-electron chi connectivity index (χ1n) is 4.38. The molecule has 1 rings (SSSR count). The van der Waals surface area contributed by atoms with Gasteiger partial charge in [-0.15, -0.1) is 0 Å². The summed E-state index contributed by atoms with van der Waals surface area (Å²) in [6.07, 6.45) is 2.66. The molecule has 2 N–H and O–H groups in total. The van der Waals surface area contributed by atoms with Crippen molar-refractivity contribution in [2.24, 2.45) is 0 Å². The molecule has 1 nitrogen and oxygen atoms in total. The molecule has 0 atom stereocenters. The fourth-order valence-electron chi connectivity index (χ4n) is 1.19. The summed E-state index contributed by atoms with van der Waals surface area (Å²) in [5.74, 6) is -1.70. The van der Waals surface area contributed by atoms with E-state index >= 15 is 0 Å². The number of halogens is 2. The molecule has 0 saturated heterocycles. The van der Waals surface area contributed by atoms with E-state index in [0.29, 0.717) is 17.7 Å². The van der Waals surface area contributed by atoms with Gasteiger partial charge < -0.3 is 5.73 Å². The third-order valence-corrected chi connectivity index (χ3v) is 1.98. The normalized spacial score (nSPS) is 10.4. The molecule has 0 spiro atoms. The van der Waals surface area contributed by atoms with Crippen molar-refractivity contribution in [1.29, 1.82) is 0 Å². The van der Waals surface area contributed by atoms with E-state index in [1.54, 1.807) is 0 Å². The Morgan fingerprint density at radius 2 is 1.85 bits per heavy atom. The molecule has 1 aromatic rings. The van der Waals surface area contributed by atoms with Crippen LogP contribution in [0.4, 0.5) is 14.5 Å². The number of nitrogens with two attached hydrogens (primary N) is 1. The number of rotatable bonds is 3. The van der Waals surface area contributed by atoms with Gasteiger partial charge in [-0.25, -0.2) is 8.78 Å². The van der Waals surface area contributed by atoms with Crippen molar-refractivity contribution in [3.8, 4) is 0 Å². The fourth-order valence-corrected chi connectivity index (χ4v) is 1.19. The van der Waals surface area contributed by atoms with E-state index in [2.05, 4.69) is 0 Å². The lowest BCUT2D eigenvalue weighted by molar-refractivity contribution is 0.507. The highest BCUT2D eigenvalue weighted by Gasteiger charge is 2.06. The molecule has 0 amide bonds. The highest BCUT2D eigenvalue weighted by molar-refractivity contribution is 5.47. The predicted molar refractivity (Wildman–Crippen MR) is 49.4 cm³/mol. The van der Waals surface area contributed by atoms with Crippen molar-refractivity contribution >= 4 is 5.69 Å². The highest BCUT2D eigenvalue weighted by Crippen LogP contribution is 2.18. The lowest BCUT2D eigenvalue weighted by Crippen LogP contribution is -1.98. The molecule has 13 heavy (non-hydrogen) atoms. The van der Waals surface area contributed by atoms with Gasteiger partial charge in [0, 0.05) is 11.8 Å². The number of hydrogen-bond donors (Lipinski definition) is 1. The summed E-state index contributed by atoms with van der Waals surface area (Å²) in [6, 6.07) is 2.22. The molecule has 3 heteroatoms. The van der Waals surface area contributed by atoms with Gasteiger partial charge in [0.2, 0.25) is 0 Å². The molecular formula is C10H13F2N. The minimum absolute atomic E-state index is 0.340. The monoisotopic (exact) mass is 185 g/mol. The van der Waals surface area contributed by atoms with Crippen LogP contribution in [0.3, 0.4) is 0 Å². The van der Waals surface area contributed by atoms with Crippen molar-refractivity contribution in [3.63, 3.8) is 0 Å². The molecule has 0 heterocycles. The standard InChI is InChI=1S/C10H13F2N/c1-2-3-4-7-5-8(11)9(12)6-10(7)13/h5-6H,2-4,13H2,1H3. The van der Waals surface area contributed by atoms with E-state index in [4.69, 9.17) is 5.73 Å². The van der Waals surface area contributed by atoms with Gasteiger partial charge in [0.15, 0.2) is 11.6 Å². The zero-order valence-corrected chi connectivity index (χ0v) is 7.61. The van der Waals surface area contributed by atoms with Crippen molar-refractivity contribution in [2.75, 3.05) is 5.73 Å². The SMILES string of the molecule is CCCCc1cc(F)c(F)cc1N. The van der Waals surface area contributed by atoms with Crippen molar-refractivity contribution in [1.82, 2.24) is 0 Å². The Labute approximate surface area is 76.6 Å². The molecule has 0 fully saturated rings. The van der Waals surface area contributed by atoms with Gasteiger partial charge in [0.05, 0.1) is 0 Å². The van der Waals surface area contributed by atoms with Gasteiger partial charge >= 0.3 is 0 Å². The number of aryl methyl sites for hydroxylation is 1. The van der Waals surface area contributed by atoms with Gasteiger partial charge in [-0.2, -0.15) is 0 Å². The van der Waals surface area contributed by atoms with Crippen molar-refractivity contribution in [2.45, 2.75) is 26.2 Å². The second-order valence-electron chi connectivity index (χ2n) is 3.07. The Balaban J connectivity index is 2.88. The molecule has 0 unspecified atom stereocenters. The maximum absolute atomic E-state index is 12.8. The van der Waals surface area contributed by atoms with Gasteiger partial charge in [0.25, 0.3) is 0 Å². The molecule has 0 saturated carbocycles. The minimum Gasteiger partial charge on any atom is -0.398 e. The Hall–Kier alpha value is -1.12. The molecule has 0 aliphatic rings. The number of unbranched alkanes of at least 4 members (excludes halogenated alkanes) is 1. The van der Waals surface area contributed by atoms with E-state index in [-0.39, 0.29) is 0 Å². The summed E-state index contributed by atoms with van der Waals surface area (Å²) < 4.78 is 25.4. The van der Waals surface area contributed by atoms with Gasteiger partial charge in [0.1, 0.15) is 0 Å². The highest BCUT2D eigenvalue weighted by atomic mass is 19.2. The van der Waals surface area contributed by atoms with Gasteiger partial charge in [-0.05, 0) is 24.5 Å². The van der Waals surface area contributed by atoms with Crippen LogP contribution < -0.4 is 5.73 Å². The first kappa shape index (κ1) is 9.96. The Morgan fingerprint density at radius 3 is 2.46 bits per heavy atom. The lowest BCUT2D eigenvalue weighted by Gasteiger charge is -2.05. The van der Waals surface area contributed by atoms with E-state index in [1.807, 2.05) is 6.92 Å². The van der Waals surface area contributed by atoms with Crippen LogP contribution in [0.2, 0.25) is 0 Å². The van der Waals surface area contributed by atoms with Crippen LogP contribution in [-0.4, -0.2) is 0 Å². The van der Waals surface area contributed by atoms with Gasteiger partial charge in [-0.3, -0.25) is 0 Å². The van der Waals surface area contributed by atoms with Crippen LogP contribution in [0.25, 0.3) is 0 Å². The molecule has 0 aromatic heterocycles. The molecule has 0 radical (unpaired) electrons. The summed E-state index contributed by atoms with van der Waals surface area (Å²) in [6.45, 7) is 2.04. The molecule has 1 aromatic carbocycles.